The normalized spacial score (nSPS) is 12.0. The molecule has 146 valence electrons. The van der Waals surface area contributed by atoms with E-state index in [2.05, 4.69) is 106 Å². The fraction of sp³-hybridized carbons (Fsp3) is 0.0769. The van der Waals surface area contributed by atoms with Gasteiger partial charge in [-0.3, -0.25) is 0 Å². The molecule has 0 amide bonds. The zero-order valence-electron chi connectivity index (χ0n) is 16.3. The highest BCUT2D eigenvalue weighted by Crippen LogP contribution is 2.56. The molecule has 4 heteroatoms. The first-order chi connectivity index (χ1) is 14.5. The summed E-state index contributed by atoms with van der Waals surface area (Å²) in [6.45, 7) is 4.61. The molecular weight excluding hydrogens is 536 g/mol. The van der Waals surface area contributed by atoms with Crippen LogP contribution in [0.2, 0.25) is 0 Å². The Morgan fingerprint density at radius 3 is 1.43 bits per heavy atom. The van der Waals surface area contributed by atoms with Crippen molar-refractivity contribution in [2.24, 2.45) is 0 Å². The number of benzene rings is 3. The highest BCUT2D eigenvalue weighted by Gasteiger charge is 2.30. The van der Waals surface area contributed by atoms with Crippen molar-refractivity contribution in [1.82, 2.24) is 0 Å². The average Bonchev–Trinajstić information content (AvgIpc) is 3.44. The molecule has 2 heterocycles. The van der Waals surface area contributed by atoms with Gasteiger partial charge >= 0.3 is 0 Å². The molecule has 0 saturated carbocycles. The molecule has 0 bridgehead atoms. The summed E-state index contributed by atoms with van der Waals surface area (Å²) in [6, 6.07) is 22.2. The monoisotopic (exact) mass is 550 g/mol. The third-order valence-corrected chi connectivity index (χ3v) is 9.36. The summed E-state index contributed by atoms with van der Waals surface area (Å²) in [7, 11) is 0. The van der Waals surface area contributed by atoms with Crippen LogP contribution in [0.1, 0.15) is 11.1 Å². The van der Waals surface area contributed by atoms with Gasteiger partial charge in [0.05, 0.1) is 7.57 Å². The first-order valence-electron chi connectivity index (χ1n) is 9.75. The van der Waals surface area contributed by atoms with Crippen LogP contribution < -0.4 is 0 Å². The Balaban J connectivity index is 1.81. The summed E-state index contributed by atoms with van der Waals surface area (Å²) in [6.07, 6.45) is 0. The number of halogens is 2. The fourth-order valence-corrected chi connectivity index (χ4v) is 7.93. The third-order valence-electron chi connectivity index (χ3n) is 6.08. The van der Waals surface area contributed by atoms with Crippen molar-refractivity contribution in [2.75, 3.05) is 0 Å². The lowest BCUT2D eigenvalue weighted by molar-refractivity contribution is 1.42. The van der Waals surface area contributed by atoms with Crippen LogP contribution in [0, 0.1) is 13.8 Å². The highest BCUT2D eigenvalue weighted by atomic mass is 79.9. The zero-order chi connectivity index (χ0) is 20.6. The molecule has 0 fully saturated rings. The standard InChI is InChI=1S/C26H16Br2S2/c1-13-22-16-7-3-5-15-6-4-8-17(26(15)16)23(22)14(2)25(19-10-12-21(28)30-19)24(13)18-9-11-20(27)29-18/h3-12H,1-2H3. The van der Waals surface area contributed by atoms with Gasteiger partial charge in [0.1, 0.15) is 0 Å². The molecule has 0 spiro atoms. The summed E-state index contributed by atoms with van der Waals surface area (Å²) in [5, 5.41) is 2.71. The number of hydrogen-bond donors (Lipinski definition) is 0. The second-order valence-corrected chi connectivity index (χ2v) is 12.6. The summed E-state index contributed by atoms with van der Waals surface area (Å²) >= 11 is 11.0. The van der Waals surface area contributed by atoms with Crippen LogP contribution in [-0.2, 0) is 0 Å². The number of thiophene rings is 2. The first-order valence-corrected chi connectivity index (χ1v) is 13.0. The second kappa shape index (κ2) is 6.89. The Bertz CT molecular complexity index is 1380. The fourth-order valence-electron chi connectivity index (χ4n) is 4.94. The molecule has 0 aliphatic heterocycles. The Morgan fingerprint density at radius 2 is 1.03 bits per heavy atom. The van der Waals surface area contributed by atoms with Gasteiger partial charge in [0.25, 0.3) is 0 Å². The Labute approximate surface area is 200 Å². The van der Waals surface area contributed by atoms with Crippen LogP contribution in [-0.4, -0.2) is 0 Å². The van der Waals surface area contributed by atoms with E-state index >= 15 is 0 Å². The smallest absolute Gasteiger partial charge is 0.0705 e. The lowest BCUT2D eigenvalue weighted by Gasteiger charge is -2.20. The minimum absolute atomic E-state index is 1.17. The molecule has 5 aromatic rings. The molecule has 3 aromatic carbocycles. The van der Waals surface area contributed by atoms with E-state index in [1.807, 2.05) is 22.7 Å². The summed E-state index contributed by atoms with van der Waals surface area (Å²) < 4.78 is 2.33. The first kappa shape index (κ1) is 19.0. The molecule has 1 aliphatic rings. The Kier molecular flexibility index (Phi) is 4.37. The number of rotatable bonds is 2. The van der Waals surface area contributed by atoms with Crippen molar-refractivity contribution >= 4 is 65.3 Å². The maximum Gasteiger partial charge on any atom is 0.0705 e. The van der Waals surface area contributed by atoms with Crippen LogP contribution in [0.25, 0.3) is 53.9 Å². The van der Waals surface area contributed by atoms with Crippen molar-refractivity contribution in [2.45, 2.75) is 13.8 Å². The van der Waals surface area contributed by atoms with E-state index < -0.39 is 0 Å². The average molecular weight is 552 g/mol. The van der Waals surface area contributed by atoms with E-state index in [9.17, 15) is 0 Å². The van der Waals surface area contributed by atoms with Gasteiger partial charge in [-0.15, -0.1) is 22.7 Å². The van der Waals surface area contributed by atoms with Gasteiger partial charge in [0.15, 0.2) is 0 Å². The van der Waals surface area contributed by atoms with Gasteiger partial charge in [0, 0.05) is 20.9 Å². The predicted octanol–water partition coefficient (Wildman–Crippen LogP) is 10.1. The van der Waals surface area contributed by atoms with Crippen molar-refractivity contribution < 1.29 is 0 Å². The third kappa shape index (κ3) is 2.61. The molecule has 0 nitrogen and oxygen atoms in total. The largest absolute Gasteiger partial charge is 0.128 e. The Morgan fingerprint density at radius 1 is 0.567 bits per heavy atom. The van der Waals surface area contributed by atoms with Crippen LogP contribution >= 0.6 is 54.5 Å². The molecule has 1 aliphatic carbocycles. The number of hydrogen-bond acceptors (Lipinski definition) is 2. The van der Waals surface area contributed by atoms with Crippen molar-refractivity contribution in [1.29, 1.82) is 0 Å². The number of fused-ring (bicyclic) bond motifs is 3. The topological polar surface area (TPSA) is 0 Å². The van der Waals surface area contributed by atoms with E-state index in [4.69, 9.17) is 0 Å². The predicted molar refractivity (Wildman–Crippen MR) is 140 cm³/mol. The molecule has 30 heavy (non-hydrogen) atoms. The molecule has 0 N–H and O–H groups in total. The minimum atomic E-state index is 1.17. The van der Waals surface area contributed by atoms with Crippen LogP contribution in [0.15, 0.2) is 68.2 Å². The SMILES string of the molecule is Cc1c(-c2ccc(Br)s2)c(-c2ccc(Br)s2)c(C)c2c1-c1cccc3cccc-2c13. The highest BCUT2D eigenvalue weighted by molar-refractivity contribution is 9.11. The van der Waals surface area contributed by atoms with Crippen LogP contribution in [0.4, 0.5) is 0 Å². The van der Waals surface area contributed by atoms with E-state index in [-0.39, 0.29) is 0 Å². The zero-order valence-corrected chi connectivity index (χ0v) is 21.2. The molecular formula is C26H16Br2S2. The van der Waals surface area contributed by atoms with Gasteiger partial charge in [-0.2, -0.15) is 0 Å². The van der Waals surface area contributed by atoms with Gasteiger partial charge in [-0.1, -0.05) is 36.4 Å². The van der Waals surface area contributed by atoms with Gasteiger partial charge in [-0.25, -0.2) is 0 Å². The van der Waals surface area contributed by atoms with E-state index in [1.165, 1.54) is 72.6 Å². The van der Waals surface area contributed by atoms with Crippen molar-refractivity contribution in [3.05, 3.63) is 79.4 Å². The molecule has 0 atom stereocenters. The van der Waals surface area contributed by atoms with E-state index in [1.54, 1.807) is 0 Å². The van der Waals surface area contributed by atoms with Crippen molar-refractivity contribution in [3.63, 3.8) is 0 Å². The molecule has 0 unspecified atom stereocenters. The summed E-state index contributed by atoms with van der Waals surface area (Å²) in [4.78, 5) is 2.63. The lowest BCUT2D eigenvalue weighted by atomic mass is 9.85. The van der Waals surface area contributed by atoms with Crippen LogP contribution in [0.3, 0.4) is 0 Å². The Hall–Kier alpha value is -1.72. The summed E-state index contributed by atoms with van der Waals surface area (Å²) in [5.74, 6) is 0. The maximum atomic E-state index is 3.68. The molecule has 0 saturated heterocycles. The van der Waals surface area contributed by atoms with E-state index in [0.717, 1.165) is 0 Å². The molecule has 2 aromatic heterocycles. The van der Waals surface area contributed by atoms with Crippen molar-refractivity contribution in [3.8, 4) is 43.1 Å². The quantitative estimate of drug-likeness (QED) is 0.201. The molecule has 0 radical (unpaired) electrons. The summed E-state index contributed by atoms with van der Waals surface area (Å²) in [5.41, 5.74) is 11.0. The van der Waals surface area contributed by atoms with E-state index in [0.29, 0.717) is 0 Å². The van der Waals surface area contributed by atoms with Crippen LogP contribution in [0.5, 0.6) is 0 Å². The molecule has 6 rings (SSSR count). The van der Waals surface area contributed by atoms with Gasteiger partial charge < -0.3 is 0 Å². The lowest BCUT2D eigenvalue weighted by Crippen LogP contribution is -1.96. The van der Waals surface area contributed by atoms with Gasteiger partial charge in [-0.05, 0) is 114 Å². The van der Waals surface area contributed by atoms with Gasteiger partial charge in [0.2, 0.25) is 0 Å². The maximum absolute atomic E-state index is 3.68. The minimum Gasteiger partial charge on any atom is -0.128 e. The second-order valence-electron chi connectivity index (χ2n) is 7.67.